The fraction of sp³-hybridized carbons (Fsp3) is 0.400. The van der Waals surface area contributed by atoms with E-state index in [1.165, 1.54) is 0 Å². The third-order valence-corrected chi connectivity index (χ3v) is 6.27. The average molecular weight is 448 g/mol. The number of carbonyl (C=O) groups is 1. The quantitative estimate of drug-likeness (QED) is 0.599. The highest BCUT2D eigenvalue weighted by atomic mass is 16.5. The highest BCUT2D eigenvalue weighted by molar-refractivity contribution is 5.99. The van der Waals surface area contributed by atoms with E-state index in [0.717, 1.165) is 65.8 Å². The van der Waals surface area contributed by atoms with Crippen molar-refractivity contribution in [3.05, 3.63) is 53.9 Å². The van der Waals surface area contributed by atoms with Crippen LogP contribution in [-0.4, -0.2) is 60.6 Å². The smallest absolute Gasteiger partial charge is 0.232 e. The molecule has 0 aliphatic carbocycles. The van der Waals surface area contributed by atoms with Crippen LogP contribution in [0.25, 0.3) is 11.1 Å². The average Bonchev–Trinajstić information content (AvgIpc) is 3.20. The van der Waals surface area contributed by atoms with Crippen molar-refractivity contribution in [1.82, 2.24) is 14.8 Å². The summed E-state index contributed by atoms with van der Waals surface area (Å²) >= 11 is 0. The van der Waals surface area contributed by atoms with E-state index >= 15 is 0 Å². The van der Waals surface area contributed by atoms with Gasteiger partial charge < -0.3 is 14.4 Å². The van der Waals surface area contributed by atoms with Crippen molar-refractivity contribution in [3.8, 4) is 16.9 Å². The van der Waals surface area contributed by atoms with Crippen LogP contribution in [0.5, 0.6) is 5.75 Å². The van der Waals surface area contributed by atoms with Gasteiger partial charge in [-0.15, -0.1) is 0 Å². The molecular formula is C25H29N5O3. The number of anilines is 2. The Hall–Kier alpha value is -3.39. The van der Waals surface area contributed by atoms with Gasteiger partial charge in [0.25, 0.3) is 0 Å². The van der Waals surface area contributed by atoms with Crippen molar-refractivity contribution in [2.45, 2.75) is 26.3 Å². The van der Waals surface area contributed by atoms with Crippen molar-refractivity contribution in [1.29, 1.82) is 0 Å². The Labute approximate surface area is 193 Å². The molecule has 1 fully saturated rings. The van der Waals surface area contributed by atoms with Gasteiger partial charge in [0.2, 0.25) is 5.91 Å². The lowest BCUT2D eigenvalue weighted by Crippen LogP contribution is -2.39. The maximum Gasteiger partial charge on any atom is 0.232 e. The molecule has 1 amide bonds. The monoisotopic (exact) mass is 447 g/mol. The summed E-state index contributed by atoms with van der Waals surface area (Å²) in [5.41, 5.74) is 3.85. The van der Waals surface area contributed by atoms with Gasteiger partial charge in [-0.1, -0.05) is 12.1 Å². The molecular weight excluding hydrogens is 418 g/mol. The Bertz CT molecular complexity index is 1150. The lowest BCUT2D eigenvalue weighted by molar-refractivity contribution is -0.118. The van der Waals surface area contributed by atoms with Gasteiger partial charge in [-0.05, 0) is 43.2 Å². The van der Waals surface area contributed by atoms with E-state index in [1.807, 2.05) is 53.0 Å². The second kappa shape index (κ2) is 9.23. The molecule has 0 bridgehead atoms. The first-order valence-corrected chi connectivity index (χ1v) is 11.4. The Morgan fingerprint density at radius 2 is 1.97 bits per heavy atom. The Morgan fingerprint density at radius 3 is 2.79 bits per heavy atom. The van der Waals surface area contributed by atoms with E-state index < -0.39 is 0 Å². The minimum absolute atomic E-state index is 0.0576. The standard InChI is InChI=1S/C25H29N5O3/c1-18-23(21-8-4-9-26-24(21)28-12-14-33-15-13-28)25-29(10-5-11-30(25)27-18)22(31)17-19-6-3-7-20(16-19)32-2/h3-4,6-9,16H,5,10-15,17H2,1-2H3. The maximum absolute atomic E-state index is 13.5. The molecule has 2 aliphatic rings. The number of hydrogen-bond acceptors (Lipinski definition) is 6. The second-order valence-electron chi connectivity index (χ2n) is 8.41. The number of methoxy groups -OCH3 is 1. The molecule has 33 heavy (non-hydrogen) atoms. The largest absolute Gasteiger partial charge is 0.497 e. The lowest BCUT2D eigenvalue weighted by Gasteiger charge is -2.31. The van der Waals surface area contributed by atoms with Crippen molar-refractivity contribution in [3.63, 3.8) is 0 Å². The molecule has 0 atom stereocenters. The van der Waals surface area contributed by atoms with Crippen LogP contribution in [0.4, 0.5) is 11.6 Å². The fourth-order valence-electron chi connectivity index (χ4n) is 4.71. The first-order chi connectivity index (χ1) is 16.2. The molecule has 0 N–H and O–H groups in total. The van der Waals surface area contributed by atoms with Crippen LogP contribution in [0.2, 0.25) is 0 Å². The van der Waals surface area contributed by atoms with Crippen molar-refractivity contribution in [2.24, 2.45) is 0 Å². The number of nitrogens with zero attached hydrogens (tertiary/aromatic N) is 5. The molecule has 172 valence electrons. The Morgan fingerprint density at radius 1 is 1.12 bits per heavy atom. The molecule has 1 saturated heterocycles. The first-order valence-electron chi connectivity index (χ1n) is 11.4. The summed E-state index contributed by atoms with van der Waals surface area (Å²) in [6, 6.07) is 11.7. The molecule has 3 aromatic rings. The van der Waals surface area contributed by atoms with Crippen LogP contribution in [0, 0.1) is 6.92 Å². The number of aryl methyl sites for hydroxylation is 2. The van der Waals surface area contributed by atoms with Crippen LogP contribution in [0.3, 0.4) is 0 Å². The van der Waals surface area contributed by atoms with Crippen LogP contribution in [0.15, 0.2) is 42.6 Å². The summed E-state index contributed by atoms with van der Waals surface area (Å²) in [4.78, 5) is 22.4. The third kappa shape index (κ3) is 4.18. The minimum atomic E-state index is 0.0576. The predicted molar refractivity (Wildman–Crippen MR) is 127 cm³/mol. The predicted octanol–water partition coefficient (Wildman–Crippen LogP) is 3.08. The number of carbonyl (C=O) groups excluding carboxylic acids is 1. The van der Waals surface area contributed by atoms with Crippen LogP contribution < -0.4 is 14.5 Å². The van der Waals surface area contributed by atoms with Crippen LogP contribution >= 0.6 is 0 Å². The molecule has 0 saturated carbocycles. The Kier molecular flexibility index (Phi) is 6.00. The Balaban J connectivity index is 1.53. The zero-order valence-electron chi connectivity index (χ0n) is 19.2. The molecule has 8 heteroatoms. The second-order valence-corrected chi connectivity index (χ2v) is 8.41. The van der Waals surface area contributed by atoms with Crippen LogP contribution in [-0.2, 0) is 22.5 Å². The molecule has 4 heterocycles. The summed E-state index contributed by atoms with van der Waals surface area (Å²) in [5, 5.41) is 4.81. The summed E-state index contributed by atoms with van der Waals surface area (Å²) in [7, 11) is 1.64. The number of hydrogen-bond donors (Lipinski definition) is 0. The van der Waals surface area contributed by atoms with E-state index in [4.69, 9.17) is 19.6 Å². The molecule has 8 nitrogen and oxygen atoms in total. The SMILES string of the molecule is COc1cccc(CC(=O)N2CCCn3nc(C)c(-c4cccnc4N4CCOCC4)c32)c1. The molecule has 0 radical (unpaired) electrons. The number of ether oxygens (including phenoxy) is 2. The van der Waals surface area contributed by atoms with Gasteiger partial charge in [0.1, 0.15) is 17.4 Å². The lowest BCUT2D eigenvalue weighted by atomic mass is 10.0. The number of rotatable bonds is 5. The van der Waals surface area contributed by atoms with Gasteiger partial charge in [0.15, 0.2) is 0 Å². The van der Waals surface area contributed by atoms with E-state index in [1.54, 1.807) is 7.11 Å². The molecule has 2 aromatic heterocycles. The normalized spacial score (nSPS) is 15.9. The number of morpholine rings is 1. The van der Waals surface area contributed by atoms with Gasteiger partial charge in [-0.3, -0.25) is 9.69 Å². The zero-order chi connectivity index (χ0) is 22.8. The van der Waals surface area contributed by atoms with Crippen molar-refractivity contribution in [2.75, 3.05) is 49.8 Å². The number of benzene rings is 1. The third-order valence-electron chi connectivity index (χ3n) is 6.27. The van der Waals surface area contributed by atoms with Crippen LogP contribution in [0.1, 0.15) is 17.7 Å². The summed E-state index contributed by atoms with van der Waals surface area (Å²) < 4.78 is 12.8. The number of aromatic nitrogens is 3. The van der Waals surface area contributed by atoms with Gasteiger partial charge in [0.05, 0.1) is 38.0 Å². The fourth-order valence-corrected chi connectivity index (χ4v) is 4.71. The van der Waals surface area contributed by atoms with Gasteiger partial charge in [0, 0.05) is 37.9 Å². The molecule has 0 spiro atoms. The van der Waals surface area contributed by atoms with Gasteiger partial charge in [-0.25, -0.2) is 9.67 Å². The maximum atomic E-state index is 13.5. The molecule has 1 aromatic carbocycles. The first kappa shape index (κ1) is 21.5. The zero-order valence-corrected chi connectivity index (χ0v) is 19.2. The number of pyridine rings is 1. The topological polar surface area (TPSA) is 72.7 Å². The minimum Gasteiger partial charge on any atom is -0.497 e. The molecule has 5 rings (SSSR count). The van der Waals surface area contributed by atoms with Gasteiger partial charge >= 0.3 is 0 Å². The van der Waals surface area contributed by atoms with E-state index in [-0.39, 0.29) is 5.91 Å². The van der Waals surface area contributed by atoms with Crippen molar-refractivity contribution < 1.29 is 14.3 Å². The van der Waals surface area contributed by atoms with Crippen molar-refractivity contribution >= 4 is 17.5 Å². The number of amides is 1. The summed E-state index contributed by atoms with van der Waals surface area (Å²) in [6.07, 6.45) is 3.01. The highest BCUT2D eigenvalue weighted by Crippen LogP contribution is 2.40. The van der Waals surface area contributed by atoms with E-state index in [9.17, 15) is 4.79 Å². The highest BCUT2D eigenvalue weighted by Gasteiger charge is 2.31. The summed E-state index contributed by atoms with van der Waals surface area (Å²) in [5.74, 6) is 2.60. The molecule has 0 unspecified atom stereocenters. The number of fused-ring (bicyclic) bond motifs is 1. The summed E-state index contributed by atoms with van der Waals surface area (Å²) in [6.45, 7) is 6.45. The van der Waals surface area contributed by atoms with E-state index in [0.29, 0.717) is 26.2 Å². The van der Waals surface area contributed by atoms with Gasteiger partial charge in [-0.2, -0.15) is 5.10 Å². The molecule has 2 aliphatic heterocycles. The van der Waals surface area contributed by atoms with E-state index in [2.05, 4.69) is 11.0 Å².